The van der Waals surface area contributed by atoms with Crippen LogP contribution in [-0.4, -0.2) is 51.4 Å². The zero-order valence-electron chi connectivity index (χ0n) is 11.3. The average Bonchev–Trinajstić information content (AvgIpc) is 2.50. The molecule has 1 saturated heterocycles. The highest BCUT2D eigenvalue weighted by Crippen LogP contribution is 1.76. The summed E-state index contributed by atoms with van der Waals surface area (Å²) < 4.78 is 5.01. The van der Waals surface area contributed by atoms with E-state index in [4.69, 9.17) is 10.5 Å². The van der Waals surface area contributed by atoms with E-state index in [0.717, 1.165) is 45.8 Å². The molecule has 104 valence electrons. The van der Waals surface area contributed by atoms with E-state index in [2.05, 4.69) is 15.6 Å². The second-order valence-electron chi connectivity index (χ2n) is 3.63. The molecule has 18 heavy (non-hydrogen) atoms. The fraction of sp³-hybridized carbons (Fsp3) is 0.615. The highest BCUT2D eigenvalue weighted by Gasteiger charge is 1.92. The van der Waals surface area contributed by atoms with Crippen LogP contribution in [0.4, 0.5) is 0 Å². The lowest BCUT2D eigenvalue weighted by Gasteiger charge is -2.10. The van der Waals surface area contributed by atoms with Gasteiger partial charge in [-0.1, -0.05) is 6.07 Å². The number of rotatable bonds is 3. The molecule has 1 aromatic rings. The first kappa shape index (κ1) is 17.0. The van der Waals surface area contributed by atoms with Gasteiger partial charge in [-0.05, 0) is 38.7 Å². The lowest BCUT2D eigenvalue weighted by atomic mass is 10.4. The van der Waals surface area contributed by atoms with Crippen molar-refractivity contribution in [2.45, 2.75) is 6.42 Å². The van der Waals surface area contributed by atoms with Crippen molar-refractivity contribution in [3.63, 3.8) is 0 Å². The van der Waals surface area contributed by atoms with Gasteiger partial charge in [-0.2, -0.15) is 0 Å². The van der Waals surface area contributed by atoms with Crippen molar-refractivity contribution < 1.29 is 4.74 Å². The molecule has 0 unspecified atom stereocenters. The molecule has 0 bridgehead atoms. The van der Waals surface area contributed by atoms with Crippen LogP contribution < -0.4 is 16.4 Å². The monoisotopic (exact) mass is 254 g/mol. The number of hydrogen-bond donors (Lipinski definition) is 3. The maximum absolute atomic E-state index is 5.17. The summed E-state index contributed by atoms with van der Waals surface area (Å²) in [5.74, 6) is 0. The second kappa shape index (κ2) is 16.0. The highest BCUT2D eigenvalue weighted by atomic mass is 16.5. The van der Waals surface area contributed by atoms with Gasteiger partial charge in [-0.3, -0.25) is 4.98 Å². The quantitative estimate of drug-likeness (QED) is 0.674. The number of hydrogen-bond acceptors (Lipinski definition) is 5. The van der Waals surface area contributed by atoms with Crippen LogP contribution >= 0.6 is 0 Å². The fourth-order valence-electron chi connectivity index (χ4n) is 1.11. The van der Waals surface area contributed by atoms with Crippen molar-refractivity contribution in [2.75, 3.05) is 46.4 Å². The Bertz CT molecular complexity index is 187. The predicted octanol–water partition coefficient (Wildman–Crippen LogP) is 0.242. The number of morpholine rings is 1. The Morgan fingerprint density at radius 1 is 1.22 bits per heavy atom. The number of ether oxygens (including phenoxy) is 1. The summed E-state index contributed by atoms with van der Waals surface area (Å²) >= 11 is 0. The molecular weight excluding hydrogens is 228 g/mol. The van der Waals surface area contributed by atoms with Gasteiger partial charge in [0.05, 0.1) is 13.2 Å². The maximum atomic E-state index is 5.17. The Hall–Kier alpha value is -1.01. The molecule has 1 aliphatic rings. The lowest BCUT2D eigenvalue weighted by molar-refractivity contribution is 0.109. The third-order valence-corrected chi connectivity index (χ3v) is 2.04. The van der Waals surface area contributed by atoms with Crippen molar-refractivity contribution in [3.05, 3.63) is 30.6 Å². The highest BCUT2D eigenvalue weighted by molar-refractivity contribution is 4.88. The maximum Gasteiger partial charge on any atom is 0.0591 e. The molecule has 1 fully saturated rings. The van der Waals surface area contributed by atoms with Crippen molar-refractivity contribution in [1.29, 1.82) is 0 Å². The number of nitrogens with zero attached hydrogens (tertiary/aromatic N) is 1. The number of nitrogens with one attached hydrogen (secondary N) is 2. The topological polar surface area (TPSA) is 72.2 Å². The first-order valence-corrected chi connectivity index (χ1v) is 6.40. The van der Waals surface area contributed by atoms with Gasteiger partial charge in [-0.15, -0.1) is 0 Å². The summed E-state index contributed by atoms with van der Waals surface area (Å²) in [5.41, 5.74) is 5.17. The van der Waals surface area contributed by atoms with Crippen LogP contribution in [0.25, 0.3) is 0 Å². The zero-order chi connectivity index (χ0) is 13.3. The van der Waals surface area contributed by atoms with Crippen molar-refractivity contribution in [1.82, 2.24) is 15.6 Å². The van der Waals surface area contributed by atoms with Gasteiger partial charge in [0, 0.05) is 25.5 Å². The minimum atomic E-state index is 0.792. The largest absolute Gasteiger partial charge is 0.379 e. The Kier molecular flexibility index (Phi) is 15.1. The van der Waals surface area contributed by atoms with Gasteiger partial charge in [0.1, 0.15) is 0 Å². The van der Waals surface area contributed by atoms with Crippen molar-refractivity contribution >= 4 is 0 Å². The van der Waals surface area contributed by atoms with Crippen LogP contribution in [0.5, 0.6) is 0 Å². The van der Waals surface area contributed by atoms with E-state index in [1.54, 1.807) is 12.4 Å². The summed E-state index contributed by atoms with van der Waals surface area (Å²) in [4.78, 5) is 3.78. The van der Waals surface area contributed by atoms with E-state index in [0.29, 0.717) is 0 Å². The molecule has 2 heterocycles. The predicted molar refractivity (Wildman–Crippen MR) is 75.5 cm³/mol. The number of aromatic nitrogens is 1. The van der Waals surface area contributed by atoms with Crippen LogP contribution in [0.2, 0.25) is 0 Å². The molecule has 0 aromatic carbocycles. The Morgan fingerprint density at radius 2 is 1.89 bits per heavy atom. The van der Waals surface area contributed by atoms with Gasteiger partial charge in [0.25, 0.3) is 0 Å². The number of pyridine rings is 1. The Balaban J connectivity index is 0.000000241. The average molecular weight is 254 g/mol. The molecule has 0 saturated carbocycles. The smallest absolute Gasteiger partial charge is 0.0591 e. The fourth-order valence-corrected chi connectivity index (χ4v) is 1.11. The van der Waals surface area contributed by atoms with Crippen LogP contribution in [0.3, 0.4) is 0 Å². The molecule has 0 atom stereocenters. The van der Waals surface area contributed by atoms with E-state index in [1.807, 2.05) is 25.2 Å². The minimum Gasteiger partial charge on any atom is -0.379 e. The van der Waals surface area contributed by atoms with Gasteiger partial charge in [0.2, 0.25) is 0 Å². The van der Waals surface area contributed by atoms with Gasteiger partial charge in [-0.25, -0.2) is 0 Å². The summed E-state index contributed by atoms with van der Waals surface area (Å²) in [6.07, 6.45) is 4.58. The van der Waals surface area contributed by atoms with E-state index in [1.165, 1.54) is 0 Å². The second-order valence-corrected chi connectivity index (χ2v) is 3.63. The molecule has 1 aromatic heterocycles. The molecule has 1 aliphatic heterocycles. The molecule has 4 N–H and O–H groups in total. The first-order chi connectivity index (χ1) is 8.91. The molecule has 0 radical (unpaired) electrons. The summed E-state index contributed by atoms with van der Waals surface area (Å²) in [6, 6.07) is 5.72. The number of nitrogens with two attached hydrogens (primary N) is 1. The summed E-state index contributed by atoms with van der Waals surface area (Å²) in [7, 11) is 1.93. The standard InChI is InChI=1S/C5H5N.C4H12N2.C4H9NO/c1-2-4-6-5-3-1;1-6-4-2-3-5;1-3-6-4-2-5-1/h1-5H;6H,2-5H2,1H3;5H,1-4H2. The third kappa shape index (κ3) is 15.0. The van der Waals surface area contributed by atoms with Crippen molar-refractivity contribution in [3.8, 4) is 0 Å². The van der Waals surface area contributed by atoms with Gasteiger partial charge in [0.15, 0.2) is 0 Å². The van der Waals surface area contributed by atoms with Crippen LogP contribution in [-0.2, 0) is 4.74 Å². The first-order valence-electron chi connectivity index (χ1n) is 6.40. The van der Waals surface area contributed by atoms with Gasteiger partial charge >= 0.3 is 0 Å². The molecule has 0 amide bonds. The Labute approximate surface area is 110 Å². The lowest BCUT2D eigenvalue weighted by Crippen LogP contribution is -2.30. The molecular formula is C13H26N4O. The van der Waals surface area contributed by atoms with Crippen LogP contribution in [0, 0.1) is 0 Å². The van der Waals surface area contributed by atoms with E-state index < -0.39 is 0 Å². The van der Waals surface area contributed by atoms with Crippen molar-refractivity contribution in [2.24, 2.45) is 5.73 Å². The van der Waals surface area contributed by atoms with E-state index in [9.17, 15) is 0 Å². The molecule has 0 aliphatic carbocycles. The molecule has 2 rings (SSSR count). The summed E-state index contributed by atoms with van der Waals surface area (Å²) in [6.45, 7) is 5.66. The molecule has 0 spiro atoms. The van der Waals surface area contributed by atoms with Gasteiger partial charge < -0.3 is 21.1 Å². The SMILES string of the molecule is C1COCCN1.CNCCCN.c1ccncc1. The molecule has 5 nitrogen and oxygen atoms in total. The molecule has 5 heteroatoms. The van der Waals surface area contributed by atoms with E-state index in [-0.39, 0.29) is 0 Å². The minimum absolute atomic E-state index is 0.792. The summed E-state index contributed by atoms with van der Waals surface area (Å²) in [5, 5.41) is 6.15. The van der Waals surface area contributed by atoms with Crippen LogP contribution in [0.1, 0.15) is 6.42 Å². The van der Waals surface area contributed by atoms with Crippen LogP contribution in [0.15, 0.2) is 30.6 Å². The van der Waals surface area contributed by atoms with E-state index >= 15 is 0 Å². The Morgan fingerprint density at radius 3 is 2.06 bits per heavy atom. The third-order valence-electron chi connectivity index (χ3n) is 2.04. The normalized spacial score (nSPS) is 13.7. The zero-order valence-corrected chi connectivity index (χ0v) is 11.3.